The van der Waals surface area contributed by atoms with Gasteiger partial charge in [0.15, 0.2) is 5.43 Å². The molecule has 0 fully saturated rings. The Morgan fingerprint density at radius 1 is 1.12 bits per heavy atom. The highest BCUT2D eigenvalue weighted by Crippen LogP contribution is 2.38. The van der Waals surface area contributed by atoms with Gasteiger partial charge >= 0.3 is 0 Å². The molecule has 3 aromatic rings. The molecule has 126 valence electrons. The predicted molar refractivity (Wildman–Crippen MR) is 97.1 cm³/mol. The zero-order valence-electron chi connectivity index (χ0n) is 13.7. The Morgan fingerprint density at radius 3 is 2.68 bits per heavy atom. The lowest BCUT2D eigenvalue weighted by atomic mass is 9.98. The lowest BCUT2D eigenvalue weighted by Gasteiger charge is -2.24. The Balaban J connectivity index is 2.02. The molecule has 0 aliphatic carbocycles. The Labute approximate surface area is 149 Å². The van der Waals surface area contributed by atoms with Gasteiger partial charge in [-0.25, -0.2) is 0 Å². The molecule has 2 heterocycles. The van der Waals surface area contributed by atoms with Gasteiger partial charge in [-0.2, -0.15) is 0 Å². The quantitative estimate of drug-likeness (QED) is 0.701. The van der Waals surface area contributed by atoms with Crippen molar-refractivity contribution in [1.29, 1.82) is 0 Å². The van der Waals surface area contributed by atoms with Gasteiger partial charge in [-0.05, 0) is 36.2 Å². The molecule has 0 saturated heterocycles. The molecule has 0 bridgehead atoms. The summed E-state index contributed by atoms with van der Waals surface area (Å²) in [7, 11) is 0. The topological polar surface area (TPSA) is 50.5 Å². The van der Waals surface area contributed by atoms with Gasteiger partial charge in [-0.15, -0.1) is 0 Å². The zero-order chi connectivity index (χ0) is 17.6. The number of benzene rings is 2. The van der Waals surface area contributed by atoms with Crippen molar-refractivity contribution < 1.29 is 9.21 Å². The molecular weight excluding hydrogens is 338 g/mol. The van der Waals surface area contributed by atoms with Gasteiger partial charge in [-0.1, -0.05) is 42.8 Å². The van der Waals surface area contributed by atoms with E-state index in [-0.39, 0.29) is 17.1 Å². The summed E-state index contributed by atoms with van der Waals surface area (Å²) in [5.41, 5.74) is 1.49. The van der Waals surface area contributed by atoms with Crippen LogP contribution in [0.3, 0.4) is 0 Å². The highest BCUT2D eigenvalue weighted by atomic mass is 35.5. The van der Waals surface area contributed by atoms with Crippen LogP contribution in [0.25, 0.3) is 11.0 Å². The van der Waals surface area contributed by atoms with E-state index in [9.17, 15) is 9.59 Å². The molecule has 1 amide bonds. The summed E-state index contributed by atoms with van der Waals surface area (Å²) in [5, 5.41) is 1.06. The van der Waals surface area contributed by atoms with Crippen molar-refractivity contribution in [1.82, 2.24) is 4.90 Å². The third-order valence-corrected chi connectivity index (χ3v) is 4.74. The maximum Gasteiger partial charge on any atom is 0.290 e. The summed E-state index contributed by atoms with van der Waals surface area (Å²) in [6.07, 6.45) is 0.782. The first-order valence-electron chi connectivity index (χ1n) is 8.24. The first-order chi connectivity index (χ1) is 12.1. The number of rotatable bonds is 3. The normalized spacial score (nSPS) is 16.5. The van der Waals surface area contributed by atoms with E-state index in [0.717, 1.165) is 12.0 Å². The van der Waals surface area contributed by atoms with E-state index in [4.69, 9.17) is 16.0 Å². The molecule has 1 aliphatic heterocycles. The maximum absolute atomic E-state index is 13.1. The molecule has 5 heteroatoms. The number of para-hydroxylation sites is 1. The molecule has 1 aromatic heterocycles. The fourth-order valence-electron chi connectivity index (χ4n) is 3.46. The molecule has 25 heavy (non-hydrogen) atoms. The SMILES string of the molecule is CCCN1C(=O)c2oc3ccccc3c(=O)c2[C@@H]1c1cccc(Cl)c1. The molecule has 4 nitrogen and oxygen atoms in total. The third-order valence-electron chi connectivity index (χ3n) is 4.50. The van der Waals surface area contributed by atoms with Crippen molar-refractivity contribution in [2.45, 2.75) is 19.4 Å². The number of halogens is 1. The van der Waals surface area contributed by atoms with Crippen LogP contribution in [-0.2, 0) is 0 Å². The Bertz CT molecular complexity index is 1040. The van der Waals surface area contributed by atoms with Crippen molar-refractivity contribution >= 4 is 28.5 Å². The highest BCUT2D eigenvalue weighted by molar-refractivity contribution is 6.30. The van der Waals surface area contributed by atoms with Gasteiger partial charge in [0, 0.05) is 11.6 Å². The van der Waals surface area contributed by atoms with Crippen LogP contribution >= 0.6 is 11.6 Å². The number of hydrogen-bond donors (Lipinski definition) is 0. The fourth-order valence-corrected chi connectivity index (χ4v) is 3.66. The second-order valence-corrected chi connectivity index (χ2v) is 6.56. The van der Waals surface area contributed by atoms with Crippen molar-refractivity contribution in [3.05, 3.63) is 80.7 Å². The monoisotopic (exact) mass is 353 g/mol. The van der Waals surface area contributed by atoms with E-state index in [1.165, 1.54) is 0 Å². The molecule has 1 atom stereocenters. The number of amides is 1. The Hall–Kier alpha value is -2.59. The third kappa shape index (κ3) is 2.45. The van der Waals surface area contributed by atoms with E-state index in [1.807, 2.05) is 19.1 Å². The molecule has 0 saturated carbocycles. The van der Waals surface area contributed by atoms with E-state index < -0.39 is 6.04 Å². The lowest BCUT2D eigenvalue weighted by molar-refractivity contribution is 0.0728. The second-order valence-electron chi connectivity index (χ2n) is 6.13. The smallest absolute Gasteiger partial charge is 0.290 e. The van der Waals surface area contributed by atoms with Crippen LogP contribution in [0, 0.1) is 0 Å². The van der Waals surface area contributed by atoms with Crippen LogP contribution in [0.5, 0.6) is 0 Å². The van der Waals surface area contributed by atoms with Crippen LogP contribution in [0.2, 0.25) is 5.02 Å². The Kier molecular flexibility index (Phi) is 3.85. The average Bonchev–Trinajstić information content (AvgIpc) is 2.89. The van der Waals surface area contributed by atoms with Gasteiger partial charge in [-0.3, -0.25) is 9.59 Å². The van der Waals surface area contributed by atoms with Crippen LogP contribution in [0.15, 0.2) is 57.7 Å². The zero-order valence-corrected chi connectivity index (χ0v) is 14.4. The first kappa shape index (κ1) is 15.9. The van der Waals surface area contributed by atoms with E-state index in [1.54, 1.807) is 41.3 Å². The predicted octanol–water partition coefficient (Wildman–Crippen LogP) is 4.40. The Morgan fingerprint density at radius 2 is 1.92 bits per heavy atom. The highest BCUT2D eigenvalue weighted by Gasteiger charge is 2.42. The van der Waals surface area contributed by atoms with Crippen LogP contribution in [0.4, 0.5) is 0 Å². The maximum atomic E-state index is 13.1. The molecule has 2 aromatic carbocycles. The molecule has 4 rings (SSSR count). The van der Waals surface area contributed by atoms with E-state index in [2.05, 4.69) is 0 Å². The van der Waals surface area contributed by atoms with Crippen LogP contribution in [0.1, 0.15) is 41.1 Å². The summed E-state index contributed by atoms with van der Waals surface area (Å²) >= 11 is 6.14. The number of nitrogens with zero attached hydrogens (tertiary/aromatic N) is 1. The number of hydrogen-bond acceptors (Lipinski definition) is 3. The largest absolute Gasteiger partial charge is 0.450 e. The van der Waals surface area contributed by atoms with Crippen LogP contribution < -0.4 is 5.43 Å². The molecule has 0 unspecified atom stereocenters. The van der Waals surface area contributed by atoms with Crippen molar-refractivity contribution in [2.75, 3.05) is 6.54 Å². The minimum atomic E-state index is -0.470. The summed E-state index contributed by atoms with van der Waals surface area (Å²) in [4.78, 5) is 27.7. The van der Waals surface area contributed by atoms with Gasteiger partial charge in [0.1, 0.15) is 5.58 Å². The number of fused-ring (bicyclic) bond motifs is 2. The fraction of sp³-hybridized carbons (Fsp3) is 0.200. The van der Waals surface area contributed by atoms with E-state index >= 15 is 0 Å². The first-order valence-corrected chi connectivity index (χ1v) is 8.61. The minimum Gasteiger partial charge on any atom is -0.450 e. The van der Waals surface area contributed by atoms with Crippen molar-refractivity contribution in [3.8, 4) is 0 Å². The van der Waals surface area contributed by atoms with Gasteiger partial charge in [0.2, 0.25) is 5.76 Å². The number of carbonyl (C=O) groups excluding carboxylic acids is 1. The second kappa shape index (κ2) is 6.05. The number of carbonyl (C=O) groups is 1. The van der Waals surface area contributed by atoms with Gasteiger partial charge in [0.05, 0.1) is 17.0 Å². The molecule has 0 spiro atoms. The standard InChI is InChI=1S/C20H16ClNO3/c1-2-10-22-17(12-6-5-7-13(21)11-12)16-18(23)14-8-3-4-9-15(14)25-19(16)20(22)24/h3-9,11,17H,2,10H2,1H3/t17-/m0/s1. The van der Waals surface area contributed by atoms with Crippen molar-refractivity contribution in [2.24, 2.45) is 0 Å². The minimum absolute atomic E-state index is 0.141. The lowest BCUT2D eigenvalue weighted by Crippen LogP contribution is -2.30. The molecular formula is C20H16ClNO3. The van der Waals surface area contributed by atoms with Crippen molar-refractivity contribution in [3.63, 3.8) is 0 Å². The summed E-state index contributed by atoms with van der Waals surface area (Å²) in [6.45, 7) is 2.53. The van der Waals surface area contributed by atoms with Crippen LogP contribution in [-0.4, -0.2) is 17.4 Å². The van der Waals surface area contributed by atoms with Gasteiger partial charge in [0.25, 0.3) is 5.91 Å². The summed E-state index contributed by atoms with van der Waals surface area (Å²) in [5.74, 6) is -0.105. The summed E-state index contributed by atoms with van der Waals surface area (Å²) in [6, 6.07) is 13.8. The van der Waals surface area contributed by atoms with Gasteiger partial charge < -0.3 is 9.32 Å². The van der Waals surface area contributed by atoms with E-state index in [0.29, 0.717) is 28.1 Å². The molecule has 0 radical (unpaired) electrons. The molecule has 0 N–H and O–H groups in total. The average molecular weight is 354 g/mol. The molecule has 1 aliphatic rings. The summed E-state index contributed by atoms with van der Waals surface area (Å²) < 4.78 is 5.83.